The van der Waals surface area contributed by atoms with Gasteiger partial charge in [-0.1, -0.05) is 15.9 Å². The molecule has 13 heavy (non-hydrogen) atoms. The lowest BCUT2D eigenvalue weighted by molar-refractivity contribution is 0.0602. The SMILES string of the molecule is COC(=O)c1ccc(Br)c(C)c1N. The maximum Gasteiger partial charge on any atom is 0.339 e. The van der Waals surface area contributed by atoms with Crippen molar-refractivity contribution < 1.29 is 9.53 Å². The Morgan fingerprint density at radius 3 is 2.69 bits per heavy atom. The monoisotopic (exact) mass is 243 g/mol. The van der Waals surface area contributed by atoms with Crippen LogP contribution in [0.3, 0.4) is 0 Å². The predicted octanol–water partition coefficient (Wildman–Crippen LogP) is 2.13. The molecular weight excluding hydrogens is 234 g/mol. The number of rotatable bonds is 1. The molecule has 0 fully saturated rings. The van der Waals surface area contributed by atoms with Crippen LogP contribution in [0.4, 0.5) is 5.69 Å². The Bertz CT molecular complexity index is 350. The van der Waals surface area contributed by atoms with E-state index in [0.717, 1.165) is 10.0 Å². The number of halogens is 1. The van der Waals surface area contributed by atoms with Gasteiger partial charge in [0, 0.05) is 4.47 Å². The van der Waals surface area contributed by atoms with Crippen molar-refractivity contribution in [3.8, 4) is 0 Å². The fraction of sp³-hybridized carbons (Fsp3) is 0.222. The van der Waals surface area contributed by atoms with Gasteiger partial charge in [-0.15, -0.1) is 0 Å². The third-order valence-electron chi connectivity index (χ3n) is 1.85. The molecule has 70 valence electrons. The number of nitrogens with two attached hydrogens (primary N) is 1. The number of carbonyl (C=O) groups excluding carboxylic acids is 1. The second kappa shape index (κ2) is 3.79. The van der Waals surface area contributed by atoms with Crippen LogP contribution >= 0.6 is 15.9 Å². The molecule has 0 spiro atoms. The molecule has 3 nitrogen and oxygen atoms in total. The molecule has 0 aliphatic rings. The van der Waals surface area contributed by atoms with Crippen LogP contribution in [0, 0.1) is 6.92 Å². The zero-order chi connectivity index (χ0) is 10.0. The van der Waals surface area contributed by atoms with Gasteiger partial charge in [0.1, 0.15) is 0 Å². The number of hydrogen-bond donors (Lipinski definition) is 1. The zero-order valence-electron chi connectivity index (χ0n) is 7.43. The summed E-state index contributed by atoms with van der Waals surface area (Å²) in [5.41, 5.74) is 7.44. The lowest BCUT2D eigenvalue weighted by Crippen LogP contribution is -2.06. The molecule has 0 saturated heterocycles. The number of benzene rings is 1. The minimum absolute atomic E-state index is 0.406. The molecular formula is C9H10BrNO2. The summed E-state index contributed by atoms with van der Waals surface area (Å²) < 4.78 is 5.46. The van der Waals surface area contributed by atoms with E-state index in [1.807, 2.05) is 6.92 Å². The average molecular weight is 244 g/mol. The van der Waals surface area contributed by atoms with Crippen LogP contribution in [0.15, 0.2) is 16.6 Å². The summed E-state index contributed by atoms with van der Waals surface area (Å²) in [5.74, 6) is -0.409. The van der Waals surface area contributed by atoms with E-state index in [-0.39, 0.29) is 0 Å². The second-order valence-electron chi connectivity index (χ2n) is 2.63. The van der Waals surface area contributed by atoms with Gasteiger partial charge in [0.05, 0.1) is 18.4 Å². The Kier molecular flexibility index (Phi) is 2.93. The van der Waals surface area contributed by atoms with Crippen molar-refractivity contribution in [2.45, 2.75) is 6.92 Å². The van der Waals surface area contributed by atoms with Crippen molar-refractivity contribution in [3.63, 3.8) is 0 Å². The van der Waals surface area contributed by atoms with Gasteiger partial charge in [0.15, 0.2) is 0 Å². The number of esters is 1. The van der Waals surface area contributed by atoms with Gasteiger partial charge in [0.25, 0.3) is 0 Å². The molecule has 1 aromatic rings. The molecule has 1 rings (SSSR count). The van der Waals surface area contributed by atoms with Gasteiger partial charge >= 0.3 is 5.97 Å². The summed E-state index contributed by atoms with van der Waals surface area (Å²) in [6, 6.07) is 3.41. The first-order valence-corrected chi connectivity index (χ1v) is 4.50. The van der Waals surface area contributed by atoms with Crippen LogP contribution in [0.1, 0.15) is 15.9 Å². The number of ether oxygens (including phenoxy) is 1. The molecule has 0 atom stereocenters. The lowest BCUT2D eigenvalue weighted by Gasteiger charge is -2.07. The maximum atomic E-state index is 11.2. The van der Waals surface area contributed by atoms with Gasteiger partial charge in [0.2, 0.25) is 0 Å². The summed E-state index contributed by atoms with van der Waals surface area (Å²) in [4.78, 5) is 11.2. The standard InChI is InChI=1S/C9H10BrNO2/c1-5-7(10)4-3-6(8(5)11)9(12)13-2/h3-4H,11H2,1-2H3. The highest BCUT2D eigenvalue weighted by Gasteiger charge is 2.12. The minimum Gasteiger partial charge on any atom is -0.465 e. The fourth-order valence-electron chi connectivity index (χ4n) is 0.990. The Balaban J connectivity index is 3.26. The van der Waals surface area contributed by atoms with E-state index in [4.69, 9.17) is 5.73 Å². The fourth-order valence-corrected chi connectivity index (χ4v) is 1.34. The summed E-state index contributed by atoms with van der Waals surface area (Å²) in [6.45, 7) is 1.84. The van der Waals surface area contributed by atoms with E-state index in [0.29, 0.717) is 11.3 Å². The Labute approximate surface area is 85.0 Å². The molecule has 0 radical (unpaired) electrons. The first-order chi connectivity index (χ1) is 6.07. The Hall–Kier alpha value is -1.03. The molecule has 1 aromatic carbocycles. The summed E-state index contributed by atoms with van der Waals surface area (Å²) >= 11 is 3.32. The summed E-state index contributed by atoms with van der Waals surface area (Å²) in [7, 11) is 1.33. The van der Waals surface area contributed by atoms with Crippen molar-refractivity contribution in [3.05, 3.63) is 27.7 Å². The molecule has 2 N–H and O–H groups in total. The van der Waals surface area contributed by atoms with Gasteiger partial charge in [-0.25, -0.2) is 4.79 Å². The zero-order valence-corrected chi connectivity index (χ0v) is 9.01. The van der Waals surface area contributed by atoms with E-state index < -0.39 is 5.97 Å². The molecule has 0 bridgehead atoms. The molecule has 0 aromatic heterocycles. The number of carbonyl (C=O) groups is 1. The minimum atomic E-state index is -0.409. The van der Waals surface area contributed by atoms with E-state index >= 15 is 0 Å². The largest absolute Gasteiger partial charge is 0.465 e. The van der Waals surface area contributed by atoms with Crippen LogP contribution in [0.2, 0.25) is 0 Å². The maximum absolute atomic E-state index is 11.2. The van der Waals surface area contributed by atoms with Crippen LogP contribution in [0.5, 0.6) is 0 Å². The molecule has 0 unspecified atom stereocenters. The van der Waals surface area contributed by atoms with E-state index in [2.05, 4.69) is 20.7 Å². The van der Waals surface area contributed by atoms with E-state index in [1.165, 1.54) is 7.11 Å². The topological polar surface area (TPSA) is 52.3 Å². The predicted molar refractivity (Wildman–Crippen MR) is 54.6 cm³/mol. The van der Waals surface area contributed by atoms with Crippen molar-refractivity contribution in [1.82, 2.24) is 0 Å². The highest BCUT2D eigenvalue weighted by atomic mass is 79.9. The molecule has 0 amide bonds. The Morgan fingerprint density at radius 1 is 1.54 bits per heavy atom. The van der Waals surface area contributed by atoms with Crippen LogP contribution in [-0.2, 0) is 4.74 Å². The van der Waals surface area contributed by atoms with Crippen molar-refractivity contribution in [1.29, 1.82) is 0 Å². The highest BCUT2D eigenvalue weighted by Crippen LogP contribution is 2.25. The van der Waals surface area contributed by atoms with Gasteiger partial charge < -0.3 is 10.5 Å². The van der Waals surface area contributed by atoms with Crippen molar-refractivity contribution >= 4 is 27.6 Å². The van der Waals surface area contributed by atoms with Crippen LogP contribution < -0.4 is 5.73 Å². The van der Waals surface area contributed by atoms with Gasteiger partial charge in [-0.05, 0) is 24.6 Å². The molecule has 0 aliphatic carbocycles. The number of nitrogen functional groups attached to an aromatic ring is 1. The van der Waals surface area contributed by atoms with Crippen LogP contribution in [-0.4, -0.2) is 13.1 Å². The number of hydrogen-bond acceptors (Lipinski definition) is 3. The van der Waals surface area contributed by atoms with E-state index in [9.17, 15) is 4.79 Å². The summed E-state index contributed by atoms with van der Waals surface area (Å²) in [6.07, 6.45) is 0. The average Bonchev–Trinajstić information content (AvgIpc) is 2.13. The molecule has 0 heterocycles. The third kappa shape index (κ3) is 1.83. The molecule has 4 heteroatoms. The number of anilines is 1. The van der Waals surface area contributed by atoms with E-state index in [1.54, 1.807) is 12.1 Å². The summed E-state index contributed by atoms with van der Waals surface area (Å²) in [5, 5.41) is 0. The Morgan fingerprint density at radius 2 is 2.15 bits per heavy atom. The molecule has 0 saturated carbocycles. The first-order valence-electron chi connectivity index (χ1n) is 3.70. The van der Waals surface area contributed by atoms with Crippen molar-refractivity contribution in [2.75, 3.05) is 12.8 Å². The van der Waals surface area contributed by atoms with Crippen LogP contribution in [0.25, 0.3) is 0 Å². The van der Waals surface area contributed by atoms with Crippen molar-refractivity contribution in [2.24, 2.45) is 0 Å². The van der Waals surface area contributed by atoms with Gasteiger partial charge in [-0.3, -0.25) is 0 Å². The molecule has 0 aliphatic heterocycles. The second-order valence-corrected chi connectivity index (χ2v) is 3.48. The smallest absolute Gasteiger partial charge is 0.339 e. The highest BCUT2D eigenvalue weighted by molar-refractivity contribution is 9.10. The number of methoxy groups -OCH3 is 1. The third-order valence-corrected chi connectivity index (χ3v) is 2.71. The lowest BCUT2D eigenvalue weighted by atomic mass is 10.1. The first kappa shape index (κ1) is 10.1. The van der Waals surface area contributed by atoms with Gasteiger partial charge in [-0.2, -0.15) is 0 Å². The quantitative estimate of drug-likeness (QED) is 0.608. The normalized spacial score (nSPS) is 9.77.